The molecule has 1 aliphatic rings. The molecule has 1 aliphatic heterocycles. The largest absolute Gasteiger partial charge is 0.384 e. The maximum atomic E-state index is 14.3. The van der Waals surface area contributed by atoms with E-state index in [1.807, 2.05) is 54.3 Å². The Morgan fingerprint density at radius 3 is 2.51 bits per heavy atom. The van der Waals surface area contributed by atoms with Crippen LogP contribution >= 0.6 is 11.9 Å². The van der Waals surface area contributed by atoms with E-state index in [2.05, 4.69) is 4.72 Å². The molecular weight excluding hydrogens is 485 g/mol. The van der Waals surface area contributed by atoms with Gasteiger partial charge in [0, 0.05) is 29.1 Å². The Morgan fingerprint density at radius 2 is 1.86 bits per heavy atom. The second-order valence-electron chi connectivity index (χ2n) is 9.30. The van der Waals surface area contributed by atoms with E-state index >= 15 is 0 Å². The van der Waals surface area contributed by atoms with Crippen molar-refractivity contribution in [2.75, 3.05) is 19.6 Å². The molecule has 2 aromatic carbocycles. The number of rotatable bonds is 11. The first kappa shape index (κ1) is 28.6. The molecular formula is C29H38FN5OS. The predicted octanol–water partition coefficient (Wildman–Crippen LogP) is 5.04. The third kappa shape index (κ3) is 8.02. The lowest BCUT2D eigenvalue weighted by Crippen LogP contribution is -2.48. The number of allylic oxidation sites excluding steroid dienone is 4. The number of nitrogens with zero attached hydrogens (tertiary/aromatic N) is 1. The van der Waals surface area contributed by atoms with Gasteiger partial charge in [0.15, 0.2) is 0 Å². The number of piperidine rings is 1. The zero-order chi connectivity index (χ0) is 26.8. The third-order valence-electron chi connectivity index (χ3n) is 6.74. The number of carbonyl (C=O) groups excluding carboxylic acids is 1. The first-order valence-electron chi connectivity index (χ1n) is 12.8. The Balaban J connectivity index is 1.79. The standard InChI is InChI=1S/C29H38FN5OS/c1-3-25(26(30)4-2)22-8-6-10-24(19-22)37-34-27(18-21-7-5-9-23(17-21)28(32)33)29(36)35-15-12-20(11-14-31)13-16-35/h3-10,17,19-20,27,34H,11-16,18,31H2,1-2H3,(H3,32,33). The third-order valence-corrected chi connectivity index (χ3v) is 7.63. The molecule has 0 aliphatic carbocycles. The Bertz CT molecular complexity index is 1140. The van der Waals surface area contributed by atoms with Crippen molar-refractivity contribution in [1.29, 1.82) is 5.41 Å². The zero-order valence-corrected chi connectivity index (χ0v) is 22.5. The van der Waals surface area contributed by atoms with Crippen LogP contribution < -0.4 is 16.2 Å². The monoisotopic (exact) mass is 523 g/mol. The van der Waals surface area contributed by atoms with Gasteiger partial charge in [-0.1, -0.05) is 42.5 Å². The first-order chi connectivity index (χ1) is 17.9. The summed E-state index contributed by atoms with van der Waals surface area (Å²) in [5.74, 6) is 0.355. The topological polar surface area (TPSA) is 108 Å². The van der Waals surface area contributed by atoms with Gasteiger partial charge in [-0.15, -0.1) is 0 Å². The van der Waals surface area contributed by atoms with E-state index in [4.69, 9.17) is 16.9 Å². The van der Waals surface area contributed by atoms with Crippen LogP contribution in [0.15, 0.2) is 71.4 Å². The second kappa shape index (κ2) is 14.1. The lowest BCUT2D eigenvalue weighted by Gasteiger charge is -2.34. The highest BCUT2D eigenvalue weighted by Gasteiger charge is 2.28. The molecule has 0 aromatic heterocycles. The summed E-state index contributed by atoms with van der Waals surface area (Å²) in [4.78, 5) is 16.5. The molecule has 0 saturated carbocycles. The number of hydrogen-bond acceptors (Lipinski definition) is 5. The van der Waals surface area contributed by atoms with Gasteiger partial charge in [0.1, 0.15) is 17.7 Å². The van der Waals surface area contributed by atoms with Gasteiger partial charge >= 0.3 is 0 Å². The van der Waals surface area contributed by atoms with Crippen LogP contribution in [0.5, 0.6) is 0 Å². The smallest absolute Gasteiger partial charge is 0.240 e. The summed E-state index contributed by atoms with van der Waals surface area (Å²) < 4.78 is 17.7. The Kier molecular flexibility index (Phi) is 10.9. The van der Waals surface area contributed by atoms with E-state index in [0.29, 0.717) is 30.0 Å². The summed E-state index contributed by atoms with van der Waals surface area (Å²) >= 11 is 1.37. The van der Waals surface area contributed by atoms with Gasteiger partial charge in [-0.05, 0) is 93.3 Å². The summed E-state index contributed by atoms with van der Waals surface area (Å²) in [6, 6.07) is 14.6. The van der Waals surface area contributed by atoms with Crippen molar-refractivity contribution in [3.8, 4) is 0 Å². The van der Waals surface area contributed by atoms with Gasteiger partial charge in [0.2, 0.25) is 5.91 Å². The van der Waals surface area contributed by atoms with E-state index in [1.54, 1.807) is 19.1 Å². The minimum Gasteiger partial charge on any atom is -0.384 e. The number of nitrogen functional groups attached to an aromatic ring is 1. The van der Waals surface area contributed by atoms with Crippen LogP contribution in [-0.4, -0.2) is 42.3 Å². The van der Waals surface area contributed by atoms with Gasteiger partial charge in [-0.3, -0.25) is 10.2 Å². The van der Waals surface area contributed by atoms with Crippen molar-refractivity contribution >= 4 is 29.3 Å². The SMILES string of the molecule is CC=C(F)C(=CC)c1cccc(SNC(Cc2cccc(C(=N)N)c2)C(=O)N2CCC(CCN)CC2)c1. The fraction of sp³-hybridized carbons (Fsp3) is 0.379. The molecule has 0 radical (unpaired) electrons. The molecule has 1 amide bonds. The fourth-order valence-corrected chi connectivity index (χ4v) is 5.44. The van der Waals surface area contributed by atoms with Gasteiger partial charge in [0.25, 0.3) is 0 Å². The van der Waals surface area contributed by atoms with Crippen LogP contribution in [0.1, 0.15) is 49.8 Å². The molecule has 1 unspecified atom stereocenters. The molecule has 2 aromatic rings. The minimum absolute atomic E-state index is 0.000930. The Hall–Kier alpha value is -2.94. The molecule has 0 bridgehead atoms. The second-order valence-corrected chi connectivity index (χ2v) is 10.2. The van der Waals surface area contributed by atoms with Crippen molar-refractivity contribution in [2.24, 2.45) is 17.4 Å². The Labute approximate surface area is 224 Å². The van der Waals surface area contributed by atoms with E-state index in [1.165, 1.54) is 18.0 Å². The molecule has 6 N–H and O–H groups in total. The molecule has 1 atom stereocenters. The van der Waals surface area contributed by atoms with Crippen molar-refractivity contribution in [2.45, 2.75) is 50.5 Å². The van der Waals surface area contributed by atoms with Gasteiger partial charge < -0.3 is 16.4 Å². The average molecular weight is 524 g/mol. The summed E-state index contributed by atoms with van der Waals surface area (Å²) in [6.45, 7) is 5.62. The maximum absolute atomic E-state index is 14.3. The summed E-state index contributed by atoms with van der Waals surface area (Å²) in [6.07, 6.45) is 6.60. The lowest BCUT2D eigenvalue weighted by atomic mass is 9.93. The minimum atomic E-state index is -0.476. The highest BCUT2D eigenvalue weighted by Crippen LogP contribution is 2.28. The van der Waals surface area contributed by atoms with Crippen LogP contribution in [0.25, 0.3) is 5.57 Å². The molecule has 1 saturated heterocycles. The number of carbonyl (C=O) groups is 1. The summed E-state index contributed by atoms with van der Waals surface area (Å²) in [5.41, 5.74) is 14.3. The number of likely N-dealkylation sites (tertiary alicyclic amines) is 1. The van der Waals surface area contributed by atoms with Crippen LogP contribution in [0, 0.1) is 11.3 Å². The highest BCUT2D eigenvalue weighted by atomic mass is 32.2. The summed E-state index contributed by atoms with van der Waals surface area (Å²) in [5, 5.41) is 7.76. The molecule has 8 heteroatoms. The molecule has 198 valence electrons. The van der Waals surface area contributed by atoms with Crippen molar-refractivity contribution in [3.63, 3.8) is 0 Å². The predicted molar refractivity (Wildman–Crippen MR) is 152 cm³/mol. The van der Waals surface area contributed by atoms with Crippen LogP contribution in [0.2, 0.25) is 0 Å². The molecule has 0 spiro atoms. The first-order valence-corrected chi connectivity index (χ1v) is 13.6. The maximum Gasteiger partial charge on any atom is 0.240 e. The fourth-order valence-electron chi connectivity index (χ4n) is 4.64. The highest BCUT2D eigenvalue weighted by molar-refractivity contribution is 7.97. The quantitative estimate of drug-likeness (QED) is 0.143. The molecule has 3 rings (SSSR count). The van der Waals surface area contributed by atoms with Gasteiger partial charge in [-0.2, -0.15) is 0 Å². The average Bonchev–Trinajstić information content (AvgIpc) is 2.92. The van der Waals surface area contributed by atoms with Gasteiger partial charge in [0.05, 0.1) is 0 Å². The van der Waals surface area contributed by atoms with E-state index in [0.717, 1.165) is 48.4 Å². The molecule has 6 nitrogen and oxygen atoms in total. The van der Waals surface area contributed by atoms with Crippen molar-refractivity contribution in [1.82, 2.24) is 9.62 Å². The number of amidine groups is 1. The molecule has 1 heterocycles. The van der Waals surface area contributed by atoms with E-state index < -0.39 is 6.04 Å². The van der Waals surface area contributed by atoms with Crippen LogP contribution in [0.4, 0.5) is 4.39 Å². The Morgan fingerprint density at radius 1 is 1.16 bits per heavy atom. The number of nitrogens with two attached hydrogens (primary N) is 2. The normalized spacial score (nSPS) is 16.1. The van der Waals surface area contributed by atoms with Crippen LogP contribution in [0.3, 0.4) is 0 Å². The van der Waals surface area contributed by atoms with E-state index in [9.17, 15) is 9.18 Å². The number of hydrogen-bond donors (Lipinski definition) is 4. The summed E-state index contributed by atoms with van der Waals surface area (Å²) in [7, 11) is 0. The molecule has 1 fully saturated rings. The van der Waals surface area contributed by atoms with Crippen molar-refractivity contribution < 1.29 is 9.18 Å². The number of amides is 1. The lowest BCUT2D eigenvalue weighted by molar-refractivity contribution is -0.134. The number of benzene rings is 2. The van der Waals surface area contributed by atoms with Crippen LogP contribution in [-0.2, 0) is 11.2 Å². The van der Waals surface area contributed by atoms with E-state index in [-0.39, 0.29) is 17.6 Å². The zero-order valence-electron chi connectivity index (χ0n) is 21.7. The molecule has 37 heavy (non-hydrogen) atoms. The van der Waals surface area contributed by atoms with Gasteiger partial charge in [-0.25, -0.2) is 9.11 Å². The number of halogens is 1. The number of nitrogens with one attached hydrogen (secondary N) is 2. The van der Waals surface area contributed by atoms with Crippen molar-refractivity contribution in [3.05, 3.63) is 83.2 Å².